The van der Waals surface area contributed by atoms with Crippen LogP contribution in [0.3, 0.4) is 0 Å². The standard InChI is InChI=1S/C28H36N6S/c1-21-22-9-5-7-12-25(22)35-26(21)19-33-15-17-34(18-16-33)20-27-30-24-11-6-4-10-23(24)28(31-27)29-13-8-14-32(2)3/h4-7,9-12H,8,13-20H2,1-3H3,(H,29,30,31). The summed E-state index contributed by atoms with van der Waals surface area (Å²) in [4.78, 5) is 18.6. The molecule has 0 spiro atoms. The number of para-hydroxylation sites is 1. The fourth-order valence-corrected chi connectivity index (χ4v) is 6.07. The first-order valence-electron chi connectivity index (χ1n) is 12.6. The molecule has 2 aromatic heterocycles. The molecule has 5 rings (SSSR count). The van der Waals surface area contributed by atoms with Crippen LogP contribution in [-0.2, 0) is 13.1 Å². The molecule has 35 heavy (non-hydrogen) atoms. The number of benzene rings is 2. The van der Waals surface area contributed by atoms with E-state index in [9.17, 15) is 0 Å². The molecule has 0 bridgehead atoms. The zero-order chi connectivity index (χ0) is 24.2. The number of hydrogen-bond donors (Lipinski definition) is 1. The van der Waals surface area contributed by atoms with Crippen LogP contribution in [0.2, 0.25) is 0 Å². The van der Waals surface area contributed by atoms with Crippen molar-refractivity contribution in [2.75, 3.05) is 58.7 Å². The van der Waals surface area contributed by atoms with E-state index in [1.54, 1.807) is 0 Å². The fourth-order valence-electron chi connectivity index (χ4n) is 4.82. The summed E-state index contributed by atoms with van der Waals surface area (Å²) in [7, 11) is 4.23. The maximum atomic E-state index is 4.94. The molecule has 3 heterocycles. The Hall–Kier alpha value is -2.58. The number of anilines is 1. The molecule has 0 radical (unpaired) electrons. The monoisotopic (exact) mass is 488 g/mol. The predicted octanol–water partition coefficient (Wildman–Crippen LogP) is 4.83. The summed E-state index contributed by atoms with van der Waals surface area (Å²) in [5, 5.41) is 6.08. The van der Waals surface area contributed by atoms with Crippen molar-refractivity contribution >= 4 is 38.1 Å². The average molecular weight is 489 g/mol. The van der Waals surface area contributed by atoms with Crippen LogP contribution in [-0.4, -0.2) is 78.0 Å². The first kappa shape index (κ1) is 24.1. The highest BCUT2D eigenvalue weighted by Crippen LogP contribution is 2.31. The third-order valence-corrected chi connectivity index (χ3v) is 8.12. The Morgan fingerprint density at radius 1 is 0.886 bits per heavy atom. The first-order valence-corrected chi connectivity index (χ1v) is 13.4. The van der Waals surface area contributed by atoms with Crippen molar-refractivity contribution in [1.82, 2.24) is 24.7 Å². The molecule has 1 aliphatic rings. The molecular weight excluding hydrogens is 452 g/mol. The van der Waals surface area contributed by atoms with E-state index in [1.807, 2.05) is 11.3 Å². The maximum absolute atomic E-state index is 4.94. The van der Waals surface area contributed by atoms with E-state index in [1.165, 1.54) is 20.5 Å². The lowest BCUT2D eigenvalue weighted by molar-refractivity contribution is 0.120. The lowest BCUT2D eigenvalue weighted by Gasteiger charge is -2.34. The summed E-state index contributed by atoms with van der Waals surface area (Å²) in [5.41, 5.74) is 2.47. The van der Waals surface area contributed by atoms with Gasteiger partial charge in [0.15, 0.2) is 0 Å². The van der Waals surface area contributed by atoms with E-state index in [0.29, 0.717) is 0 Å². The number of aryl methyl sites for hydroxylation is 1. The quantitative estimate of drug-likeness (QED) is 0.341. The Morgan fingerprint density at radius 3 is 2.31 bits per heavy atom. The van der Waals surface area contributed by atoms with Gasteiger partial charge < -0.3 is 10.2 Å². The van der Waals surface area contributed by atoms with Crippen LogP contribution in [0.25, 0.3) is 21.0 Å². The van der Waals surface area contributed by atoms with E-state index in [-0.39, 0.29) is 0 Å². The van der Waals surface area contributed by atoms with Gasteiger partial charge in [-0.25, -0.2) is 9.97 Å². The van der Waals surface area contributed by atoms with E-state index in [4.69, 9.17) is 9.97 Å². The lowest BCUT2D eigenvalue weighted by Crippen LogP contribution is -2.45. The molecule has 0 atom stereocenters. The molecule has 184 valence electrons. The van der Waals surface area contributed by atoms with Gasteiger partial charge in [0.05, 0.1) is 12.1 Å². The summed E-state index contributed by atoms with van der Waals surface area (Å²) in [6.07, 6.45) is 1.09. The number of thiophene rings is 1. The largest absolute Gasteiger partial charge is 0.369 e. The fraction of sp³-hybridized carbons (Fsp3) is 0.429. The van der Waals surface area contributed by atoms with Crippen molar-refractivity contribution in [2.45, 2.75) is 26.4 Å². The van der Waals surface area contributed by atoms with Crippen LogP contribution in [0.5, 0.6) is 0 Å². The summed E-state index contributed by atoms with van der Waals surface area (Å²) in [6, 6.07) is 17.1. The molecular formula is C28H36N6S. The van der Waals surface area contributed by atoms with E-state index in [2.05, 4.69) is 89.6 Å². The van der Waals surface area contributed by atoms with Gasteiger partial charge >= 0.3 is 0 Å². The number of nitrogens with one attached hydrogen (secondary N) is 1. The van der Waals surface area contributed by atoms with Crippen LogP contribution < -0.4 is 5.32 Å². The summed E-state index contributed by atoms with van der Waals surface area (Å²) >= 11 is 1.95. The molecule has 1 N–H and O–H groups in total. The highest BCUT2D eigenvalue weighted by atomic mass is 32.1. The molecule has 1 aliphatic heterocycles. The molecule has 1 saturated heterocycles. The Kier molecular flexibility index (Phi) is 7.58. The zero-order valence-corrected chi connectivity index (χ0v) is 21.9. The van der Waals surface area contributed by atoms with Crippen molar-refractivity contribution in [1.29, 1.82) is 0 Å². The summed E-state index contributed by atoms with van der Waals surface area (Å²) < 4.78 is 1.40. The Labute approximate surface area is 212 Å². The van der Waals surface area contributed by atoms with Crippen molar-refractivity contribution in [2.24, 2.45) is 0 Å². The van der Waals surface area contributed by atoms with Gasteiger partial charge in [0.1, 0.15) is 11.6 Å². The van der Waals surface area contributed by atoms with Gasteiger partial charge in [-0.05, 0) is 63.1 Å². The van der Waals surface area contributed by atoms with Gasteiger partial charge in [-0.3, -0.25) is 9.80 Å². The summed E-state index contributed by atoms with van der Waals surface area (Å²) in [6.45, 7) is 10.3. The molecule has 0 saturated carbocycles. The second kappa shape index (κ2) is 11.0. The smallest absolute Gasteiger partial charge is 0.145 e. The molecule has 0 aliphatic carbocycles. The number of hydrogen-bond acceptors (Lipinski definition) is 7. The Morgan fingerprint density at radius 2 is 1.57 bits per heavy atom. The second-order valence-corrected chi connectivity index (χ2v) is 10.9. The van der Waals surface area contributed by atoms with Gasteiger partial charge in [-0.1, -0.05) is 30.3 Å². The van der Waals surface area contributed by atoms with Crippen LogP contribution in [0, 0.1) is 6.92 Å². The molecule has 6 nitrogen and oxygen atoms in total. The van der Waals surface area contributed by atoms with Crippen LogP contribution in [0.15, 0.2) is 48.5 Å². The predicted molar refractivity (Wildman–Crippen MR) is 148 cm³/mol. The number of fused-ring (bicyclic) bond motifs is 2. The Bertz CT molecular complexity index is 1280. The minimum Gasteiger partial charge on any atom is -0.369 e. The second-order valence-electron chi connectivity index (χ2n) is 9.79. The van der Waals surface area contributed by atoms with Gasteiger partial charge in [0, 0.05) is 54.2 Å². The van der Waals surface area contributed by atoms with Gasteiger partial charge in [-0.15, -0.1) is 11.3 Å². The third-order valence-electron chi connectivity index (χ3n) is 6.86. The van der Waals surface area contributed by atoms with Crippen molar-refractivity contribution in [3.63, 3.8) is 0 Å². The topological polar surface area (TPSA) is 47.5 Å². The normalized spacial score (nSPS) is 15.4. The highest BCUT2D eigenvalue weighted by Gasteiger charge is 2.20. The average Bonchev–Trinajstić information content (AvgIpc) is 3.18. The van der Waals surface area contributed by atoms with Crippen LogP contribution in [0.1, 0.15) is 22.7 Å². The molecule has 0 amide bonds. The van der Waals surface area contributed by atoms with Gasteiger partial charge in [0.25, 0.3) is 0 Å². The zero-order valence-electron chi connectivity index (χ0n) is 21.1. The van der Waals surface area contributed by atoms with Gasteiger partial charge in [-0.2, -0.15) is 0 Å². The first-order chi connectivity index (χ1) is 17.1. The van der Waals surface area contributed by atoms with E-state index < -0.39 is 0 Å². The molecule has 4 aromatic rings. The van der Waals surface area contributed by atoms with Crippen molar-refractivity contribution in [3.05, 3.63) is 64.8 Å². The number of aromatic nitrogens is 2. The highest BCUT2D eigenvalue weighted by molar-refractivity contribution is 7.19. The molecule has 1 fully saturated rings. The SMILES string of the molecule is Cc1c(CN2CCN(Cc3nc(NCCCN(C)C)c4ccccc4n3)CC2)sc2ccccc12. The van der Waals surface area contributed by atoms with Crippen LogP contribution in [0.4, 0.5) is 5.82 Å². The van der Waals surface area contributed by atoms with Crippen molar-refractivity contribution in [3.8, 4) is 0 Å². The maximum Gasteiger partial charge on any atom is 0.145 e. The molecule has 2 aromatic carbocycles. The van der Waals surface area contributed by atoms with E-state index >= 15 is 0 Å². The minimum absolute atomic E-state index is 0.799. The number of nitrogens with zero attached hydrogens (tertiary/aromatic N) is 5. The lowest BCUT2D eigenvalue weighted by atomic mass is 10.1. The molecule has 7 heteroatoms. The third kappa shape index (κ3) is 5.81. The number of rotatable bonds is 9. The molecule has 0 unspecified atom stereocenters. The van der Waals surface area contributed by atoms with E-state index in [0.717, 1.165) is 81.3 Å². The van der Waals surface area contributed by atoms with Crippen molar-refractivity contribution < 1.29 is 0 Å². The summed E-state index contributed by atoms with van der Waals surface area (Å²) in [5.74, 6) is 1.87. The Balaban J connectivity index is 1.21. The minimum atomic E-state index is 0.799. The van der Waals surface area contributed by atoms with Gasteiger partial charge in [0.2, 0.25) is 0 Å². The number of piperazine rings is 1. The van der Waals surface area contributed by atoms with Crippen LogP contribution >= 0.6 is 11.3 Å².